The van der Waals surface area contributed by atoms with E-state index in [1.165, 1.54) is 16.9 Å². The molecule has 6 nitrogen and oxygen atoms in total. The first-order valence-electron chi connectivity index (χ1n) is 8.10. The van der Waals surface area contributed by atoms with Crippen molar-refractivity contribution >= 4 is 22.4 Å². The number of anilines is 1. The highest BCUT2D eigenvalue weighted by molar-refractivity contribution is 7.15. The second-order valence-corrected chi connectivity index (χ2v) is 6.82. The number of hydrogen-bond acceptors (Lipinski definition) is 6. The van der Waals surface area contributed by atoms with Crippen molar-refractivity contribution in [2.24, 2.45) is 0 Å². The number of aromatic nitrogens is 2. The Balaban J connectivity index is 1.46. The van der Waals surface area contributed by atoms with Crippen molar-refractivity contribution in [3.63, 3.8) is 0 Å². The molecule has 0 unspecified atom stereocenters. The van der Waals surface area contributed by atoms with Crippen LogP contribution in [0, 0.1) is 13.8 Å². The minimum absolute atomic E-state index is 0.0851. The van der Waals surface area contributed by atoms with Gasteiger partial charge < -0.3 is 9.47 Å². The molecule has 0 bridgehead atoms. The Morgan fingerprint density at radius 2 is 1.81 bits per heavy atom. The molecule has 0 aliphatic rings. The molecule has 0 aliphatic heterocycles. The van der Waals surface area contributed by atoms with Crippen LogP contribution < -0.4 is 14.8 Å². The van der Waals surface area contributed by atoms with Crippen LogP contribution in [0.25, 0.3) is 0 Å². The van der Waals surface area contributed by atoms with Gasteiger partial charge in [-0.2, -0.15) is 0 Å². The topological polar surface area (TPSA) is 73.3 Å². The van der Waals surface area contributed by atoms with Crippen molar-refractivity contribution in [3.05, 3.63) is 64.7 Å². The number of hydrogen-bond donors (Lipinski definition) is 1. The Morgan fingerprint density at radius 1 is 1.00 bits per heavy atom. The Hall–Kier alpha value is -2.93. The SMILES string of the molecule is Cc1ccc(OCc2nnc(NC(=O)COc3cccc(C)c3)s2)cc1. The second kappa shape index (κ2) is 8.44. The molecule has 134 valence electrons. The van der Waals surface area contributed by atoms with Gasteiger partial charge >= 0.3 is 0 Å². The maximum atomic E-state index is 12.0. The van der Waals surface area contributed by atoms with Crippen molar-refractivity contribution in [1.29, 1.82) is 0 Å². The van der Waals surface area contributed by atoms with Gasteiger partial charge in [-0.25, -0.2) is 0 Å². The zero-order chi connectivity index (χ0) is 18.4. The number of nitrogens with one attached hydrogen (secondary N) is 1. The number of amides is 1. The van der Waals surface area contributed by atoms with E-state index in [9.17, 15) is 4.79 Å². The van der Waals surface area contributed by atoms with Crippen LogP contribution in [-0.4, -0.2) is 22.7 Å². The molecule has 0 saturated heterocycles. The monoisotopic (exact) mass is 369 g/mol. The highest BCUT2D eigenvalue weighted by Crippen LogP contribution is 2.19. The number of benzene rings is 2. The van der Waals surface area contributed by atoms with Crippen LogP contribution >= 0.6 is 11.3 Å². The van der Waals surface area contributed by atoms with Crippen molar-refractivity contribution in [2.45, 2.75) is 20.5 Å². The fourth-order valence-corrected chi connectivity index (χ4v) is 2.82. The summed E-state index contributed by atoms with van der Waals surface area (Å²) >= 11 is 1.27. The summed E-state index contributed by atoms with van der Waals surface area (Å²) in [6.07, 6.45) is 0. The first kappa shape index (κ1) is 17.9. The minimum atomic E-state index is -0.284. The number of carbonyl (C=O) groups is 1. The lowest BCUT2D eigenvalue weighted by Crippen LogP contribution is -2.20. The van der Waals surface area contributed by atoms with Crippen molar-refractivity contribution in [3.8, 4) is 11.5 Å². The van der Waals surface area contributed by atoms with Gasteiger partial charge in [0.05, 0.1) is 0 Å². The van der Waals surface area contributed by atoms with Gasteiger partial charge in [0.25, 0.3) is 5.91 Å². The lowest BCUT2D eigenvalue weighted by molar-refractivity contribution is -0.118. The van der Waals surface area contributed by atoms with E-state index in [0.717, 1.165) is 11.3 Å². The molecule has 1 N–H and O–H groups in total. The van der Waals surface area contributed by atoms with E-state index in [-0.39, 0.29) is 12.5 Å². The standard InChI is InChI=1S/C19H19N3O3S/c1-13-6-8-15(9-7-13)25-12-18-21-22-19(26-18)20-17(23)11-24-16-5-3-4-14(2)10-16/h3-10H,11-12H2,1-2H3,(H,20,22,23). The van der Waals surface area contributed by atoms with E-state index in [4.69, 9.17) is 9.47 Å². The van der Waals surface area contributed by atoms with E-state index in [1.54, 1.807) is 0 Å². The molecule has 0 spiro atoms. The van der Waals surface area contributed by atoms with Crippen LogP contribution in [-0.2, 0) is 11.4 Å². The zero-order valence-corrected chi connectivity index (χ0v) is 15.4. The largest absolute Gasteiger partial charge is 0.486 e. The molecule has 26 heavy (non-hydrogen) atoms. The van der Waals surface area contributed by atoms with E-state index in [1.807, 2.05) is 62.4 Å². The summed E-state index contributed by atoms with van der Waals surface area (Å²) in [7, 11) is 0. The molecule has 3 aromatic rings. The number of carbonyl (C=O) groups excluding carboxylic acids is 1. The van der Waals surface area contributed by atoms with Crippen LogP contribution in [0.2, 0.25) is 0 Å². The number of ether oxygens (including phenoxy) is 2. The highest BCUT2D eigenvalue weighted by Gasteiger charge is 2.09. The third-order valence-corrected chi connectivity index (χ3v) is 4.27. The molecule has 0 fully saturated rings. The molecule has 1 amide bonds. The Bertz CT molecular complexity index is 878. The zero-order valence-electron chi connectivity index (χ0n) is 14.6. The maximum absolute atomic E-state index is 12.0. The molecular weight excluding hydrogens is 350 g/mol. The Morgan fingerprint density at radius 3 is 2.58 bits per heavy atom. The van der Waals surface area contributed by atoms with Crippen LogP contribution in [0.4, 0.5) is 5.13 Å². The molecule has 0 atom stereocenters. The molecule has 0 saturated carbocycles. The molecule has 1 heterocycles. The first-order chi connectivity index (χ1) is 12.6. The van der Waals surface area contributed by atoms with E-state index < -0.39 is 0 Å². The third kappa shape index (κ3) is 5.29. The predicted octanol–water partition coefficient (Wildman–Crippen LogP) is 3.75. The summed E-state index contributed by atoms with van der Waals surface area (Å²) in [6.45, 7) is 4.20. The van der Waals surface area contributed by atoms with Gasteiger partial charge in [0.1, 0.15) is 18.1 Å². The number of rotatable bonds is 7. The van der Waals surface area contributed by atoms with Gasteiger partial charge in [-0.3, -0.25) is 10.1 Å². The summed E-state index contributed by atoms with van der Waals surface area (Å²) in [4.78, 5) is 12.0. The van der Waals surface area contributed by atoms with Crippen LogP contribution in [0.1, 0.15) is 16.1 Å². The van der Waals surface area contributed by atoms with E-state index in [0.29, 0.717) is 22.5 Å². The van der Waals surface area contributed by atoms with Gasteiger partial charge in [-0.1, -0.05) is 41.2 Å². The number of nitrogens with zero attached hydrogens (tertiary/aromatic N) is 2. The van der Waals surface area contributed by atoms with Gasteiger partial charge in [0.15, 0.2) is 11.6 Å². The predicted molar refractivity (Wildman–Crippen MR) is 101 cm³/mol. The third-order valence-electron chi connectivity index (χ3n) is 3.46. The quantitative estimate of drug-likeness (QED) is 0.687. The smallest absolute Gasteiger partial charge is 0.264 e. The van der Waals surface area contributed by atoms with Gasteiger partial charge in [-0.05, 0) is 43.7 Å². The summed E-state index contributed by atoms with van der Waals surface area (Å²) in [5, 5.41) is 11.8. The molecule has 0 aliphatic carbocycles. The van der Waals surface area contributed by atoms with Crippen molar-refractivity contribution < 1.29 is 14.3 Å². The summed E-state index contributed by atoms with van der Waals surface area (Å²) < 4.78 is 11.1. The van der Waals surface area contributed by atoms with E-state index >= 15 is 0 Å². The normalized spacial score (nSPS) is 10.4. The Kier molecular flexibility index (Phi) is 5.80. The summed E-state index contributed by atoms with van der Waals surface area (Å²) in [5.74, 6) is 1.14. The summed E-state index contributed by atoms with van der Waals surface area (Å²) in [5.41, 5.74) is 2.25. The van der Waals surface area contributed by atoms with Gasteiger partial charge in [0, 0.05) is 0 Å². The fourth-order valence-electron chi connectivity index (χ4n) is 2.15. The Labute approximate surface area is 155 Å². The molecule has 3 rings (SSSR count). The lowest BCUT2D eigenvalue weighted by atomic mass is 10.2. The second-order valence-electron chi connectivity index (χ2n) is 5.76. The van der Waals surface area contributed by atoms with Gasteiger partial charge in [0.2, 0.25) is 5.13 Å². The van der Waals surface area contributed by atoms with Crippen LogP contribution in [0.5, 0.6) is 11.5 Å². The van der Waals surface area contributed by atoms with Crippen molar-refractivity contribution in [2.75, 3.05) is 11.9 Å². The molecule has 2 aromatic carbocycles. The average molecular weight is 369 g/mol. The van der Waals surface area contributed by atoms with Crippen LogP contribution in [0.15, 0.2) is 48.5 Å². The minimum Gasteiger partial charge on any atom is -0.486 e. The average Bonchev–Trinajstić information content (AvgIpc) is 3.07. The summed E-state index contributed by atoms with van der Waals surface area (Å²) in [6, 6.07) is 15.3. The lowest BCUT2D eigenvalue weighted by Gasteiger charge is -2.06. The molecule has 0 radical (unpaired) electrons. The van der Waals surface area contributed by atoms with Crippen LogP contribution in [0.3, 0.4) is 0 Å². The number of aryl methyl sites for hydroxylation is 2. The first-order valence-corrected chi connectivity index (χ1v) is 8.91. The van der Waals surface area contributed by atoms with Gasteiger partial charge in [-0.15, -0.1) is 10.2 Å². The molecule has 1 aromatic heterocycles. The van der Waals surface area contributed by atoms with Crippen molar-refractivity contribution in [1.82, 2.24) is 10.2 Å². The maximum Gasteiger partial charge on any atom is 0.264 e. The molecule has 7 heteroatoms. The highest BCUT2D eigenvalue weighted by atomic mass is 32.1. The molecular formula is C19H19N3O3S. The fraction of sp³-hybridized carbons (Fsp3) is 0.211. The van der Waals surface area contributed by atoms with E-state index in [2.05, 4.69) is 15.5 Å².